The molecule has 0 aliphatic rings. The summed E-state index contributed by atoms with van der Waals surface area (Å²) < 4.78 is 10.3. The Morgan fingerprint density at radius 1 is 0.958 bits per heavy atom. The number of carbonyl (C=O) groups is 3. The molecule has 2 N–H and O–H groups in total. The summed E-state index contributed by atoms with van der Waals surface area (Å²) in [5, 5.41) is 0. The Morgan fingerprint density at radius 3 is 2.17 bits per heavy atom. The number of ketones is 1. The minimum Gasteiger partial charge on any atom is -0.484 e. The van der Waals surface area contributed by atoms with Gasteiger partial charge in [0.2, 0.25) is 5.78 Å². The fourth-order valence-corrected chi connectivity index (χ4v) is 1.96. The summed E-state index contributed by atoms with van der Waals surface area (Å²) in [7, 11) is 0. The molecule has 0 saturated carbocycles. The number of carbonyl (C=O) groups excluding carboxylic acids is 3. The molecule has 6 heteroatoms. The Hall–Kier alpha value is -3.15. The predicted molar refractivity (Wildman–Crippen MR) is 86.8 cm³/mol. The summed E-state index contributed by atoms with van der Waals surface area (Å²) in [6.07, 6.45) is -0.898. The van der Waals surface area contributed by atoms with Gasteiger partial charge in [-0.1, -0.05) is 30.3 Å². The van der Waals surface area contributed by atoms with Crippen molar-refractivity contribution in [2.24, 2.45) is 5.73 Å². The number of hydrogen-bond acceptors (Lipinski definition) is 5. The number of ether oxygens (including phenoxy) is 2. The van der Waals surface area contributed by atoms with Crippen LogP contribution in [0.1, 0.15) is 27.6 Å². The second kappa shape index (κ2) is 7.92. The first-order valence-electron chi connectivity index (χ1n) is 7.29. The van der Waals surface area contributed by atoms with Crippen LogP contribution in [-0.4, -0.2) is 30.4 Å². The number of Topliss-reactive ketones (excluding diaryl/α,β-unsaturated/α-hetero) is 1. The third kappa shape index (κ3) is 4.67. The zero-order valence-corrected chi connectivity index (χ0v) is 13.1. The Kier molecular flexibility index (Phi) is 5.68. The largest absolute Gasteiger partial charge is 0.484 e. The van der Waals surface area contributed by atoms with Crippen molar-refractivity contribution in [1.82, 2.24) is 0 Å². The molecule has 0 aromatic heterocycles. The standard InChI is InChI=1S/C18H17NO5/c1-12(17(21)13-5-3-2-4-6-13)24-18(22)14-7-9-15(10-8-14)23-11-16(19)20/h2-10,12H,11H2,1H3,(H2,19,20)/t12-/m0/s1. The predicted octanol–water partition coefficient (Wildman–Crippen LogP) is 1.98. The molecule has 2 aromatic rings. The van der Waals surface area contributed by atoms with Crippen molar-refractivity contribution < 1.29 is 23.9 Å². The van der Waals surface area contributed by atoms with E-state index in [1.165, 1.54) is 31.2 Å². The van der Waals surface area contributed by atoms with Crippen LogP contribution in [0.3, 0.4) is 0 Å². The number of nitrogens with two attached hydrogens (primary N) is 1. The van der Waals surface area contributed by atoms with Gasteiger partial charge in [0, 0.05) is 5.56 Å². The normalized spacial score (nSPS) is 11.4. The van der Waals surface area contributed by atoms with Crippen molar-refractivity contribution in [3.05, 3.63) is 65.7 Å². The van der Waals surface area contributed by atoms with Crippen molar-refractivity contribution in [3.8, 4) is 5.75 Å². The van der Waals surface area contributed by atoms with Gasteiger partial charge in [-0.25, -0.2) is 4.79 Å². The van der Waals surface area contributed by atoms with Gasteiger partial charge in [-0.2, -0.15) is 0 Å². The quantitative estimate of drug-likeness (QED) is 0.619. The summed E-state index contributed by atoms with van der Waals surface area (Å²) in [6.45, 7) is 1.28. The number of primary amides is 1. The van der Waals surface area contributed by atoms with E-state index in [4.69, 9.17) is 15.2 Å². The Balaban J connectivity index is 1.96. The van der Waals surface area contributed by atoms with Gasteiger partial charge < -0.3 is 15.2 Å². The Labute approximate surface area is 139 Å². The first kappa shape index (κ1) is 17.2. The van der Waals surface area contributed by atoms with E-state index < -0.39 is 18.0 Å². The van der Waals surface area contributed by atoms with Crippen LogP contribution in [0, 0.1) is 0 Å². The number of hydrogen-bond donors (Lipinski definition) is 1. The van der Waals surface area contributed by atoms with Gasteiger partial charge in [-0.05, 0) is 31.2 Å². The molecule has 0 aliphatic heterocycles. The number of esters is 1. The fourth-order valence-electron chi connectivity index (χ4n) is 1.96. The average Bonchev–Trinajstić information content (AvgIpc) is 2.60. The number of amides is 1. The summed E-state index contributed by atoms with van der Waals surface area (Å²) in [4.78, 5) is 34.9. The second-order valence-electron chi connectivity index (χ2n) is 5.06. The lowest BCUT2D eigenvalue weighted by atomic mass is 10.1. The van der Waals surface area contributed by atoms with E-state index in [0.29, 0.717) is 11.3 Å². The fraction of sp³-hybridized carbons (Fsp3) is 0.167. The van der Waals surface area contributed by atoms with E-state index in [-0.39, 0.29) is 18.0 Å². The maximum absolute atomic E-state index is 12.2. The van der Waals surface area contributed by atoms with Gasteiger partial charge in [-0.3, -0.25) is 9.59 Å². The van der Waals surface area contributed by atoms with E-state index in [9.17, 15) is 14.4 Å². The molecule has 2 rings (SSSR count). The average molecular weight is 327 g/mol. The van der Waals surface area contributed by atoms with Crippen LogP contribution in [0.2, 0.25) is 0 Å². The molecule has 0 spiro atoms. The van der Waals surface area contributed by atoms with Gasteiger partial charge in [0.1, 0.15) is 5.75 Å². The molecule has 124 valence electrons. The van der Waals surface area contributed by atoms with Crippen molar-refractivity contribution in [3.63, 3.8) is 0 Å². The van der Waals surface area contributed by atoms with Gasteiger partial charge in [0.25, 0.3) is 5.91 Å². The highest BCUT2D eigenvalue weighted by atomic mass is 16.5. The topological polar surface area (TPSA) is 95.7 Å². The van der Waals surface area contributed by atoms with Crippen LogP contribution in [0.5, 0.6) is 5.75 Å². The highest BCUT2D eigenvalue weighted by molar-refractivity contribution is 6.01. The zero-order valence-electron chi connectivity index (χ0n) is 13.1. The second-order valence-corrected chi connectivity index (χ2v) is 5.06. The zero-order chi connectivity index (χ0) is 17.5. The summed E-state index contributed by atoms with van der Waals surface area (Å²) in [5.74, 6) is -1.08. The van der Waals surface area contributed by atoms with E-state index in [1.54, 1.807) is 30.3 Å². The molecule has 1 atom stereocenters. The Morgan fingerprint density at radius 2 is 1.58 bits per heavy atom. The first-order valence-corrected chi connectivity index (χ1v) is 7.29. The third-order valence-corrected chi connectivity index (χ3v) is 3.18. The molecule has 6 nitrogen and oxygen atoms in total. The van der Waals surface area contributed by atoms with Gasteiger partial charge in [0.15, 0.2) is 12.7 Å². The molecule has 0 unspecified atom stereocenters. The molecule has 0 aliphatic carbocycles. The molecule has 0 saturated heterocycles. The van der Waals surface area contributed by atoms with E-state index in [2.05, 4.69) is 0 Å². The van der Waals surface area contributed by atoms with Crippen LogP contribution in [0.25, 0.3) is 0 Å². The highest BCUT2D eigenvalue weighted by Gasteiger charge is 2.20. The lowest BCUT2D eigenvalue weighted by Crippen LogP contribution is -2.24. The Bertz CT molecular complexity index is 725. The van der Waals surface area contributed by atoms with Crippen molar-refractivity contribution in [2.75, 3.05) is 6.61 Å². The van der Waals surface area contributed by atoms with Crippen LogP contribution in [0.15, 0.2) is 54.6 Å². The molecule has 0 radical (unpaired) electrons. The van der Waals surface area contributed by atoms with Crippen LogP contribution in [0.4, 0.5) is 0 Å². The summed E-state index contributed by atoms with van der Waals surface area (Å²) in [5.41, 5.74) is 5.73. The van der Waals surface area contributed by atoms with Crippen molar-refractivity contribution in [1.29, 1.82) is 0 Å². The third-order valence-electron chi connectivity index (χ3n) is 3.18. The number of benzene rings is 2. The molecule has 0 fully saturated rings. The van der Waals surface area contributed by atoms with Crippen LogP contribution < -0.4 is 10.5 Å². The molecular formula is C18H17NO5. The van der Waals surface area contributed by atoms with Gasteiger partial charge >= 0.3 is 5.97 Å². The van der Waals surface area contributed by atoms with Crippen LogP contribution in [-0.2, 0) is 9.53 Å². The van der Waals surface area contributed by atoms with Crippen molar-refractivity contribution in [2.45, 2.75) is 13.0 Å². The summed E-state index contributed by atoms with van der Waals surface area (Å²) >= 11 is 0. The molecular weight excluding hydrogens is 310 g/mol. The van der Waals surface area contributed by atoms with E-state index >= 15 is 0 Å². The first-order chi connectivity index (χ1) is 11.5. The van der Waals surface area contributed by atoms with Gasteiger partial charge in [0.05, 0.1) is 5.56 Å². The highest BCUT2D eigenvalue weighted by Crippen LogP contribution is 2.14. The molecule has 0 heterocycles. The number of rotatable bonds is 7. The molecule has 0 bridgehead atoms. The summed E-state index contributed by atoms with van der Waals surface area (Å²) in [6, 6.07) is 14.6. The van der Waals surface area contributed by atoms with Crippen LogP contribution >= 0.6 is 0 Å². The maximum Gasteiger partial charge on any atom is 0.338 e. The minimum atomic E-state index is -0.898. The molecule has 1 amide bonds. The smallest absolute Gasteiger partial charge is 0.338 e. The SMILES string of the molecule is C[C@H](OC(=O)c1ccc(OCC(N)=O)cc1)C(=O)c1ccccc1. The van der Waals surface area contributed by atoms with E-state index in [1.807, 2.05) is 0 Å². The lowest BCUT2D eigenvalue weighted by Gasteiger charge is -2.12. The van der Waals surface area contributed by atoms with E-state index in [0.717, 1.165) is 0 Å². The maximum atomic E-state index is 12.2. The molecule has 24 heavy (non-hydrogen) atoms. The minimum absolute atomic E-state index is 0.244. The monoisotopic (exact) mass is 327 g/mol. The molecule has 2 aromatic carbocycles. The van der Waals surface area contributed by atoms with Crippen molar-refractivity contribution >= 4 is 17.7 Å². The lowest BCUT2D eigenvalue weighted by molar-refractivity contribution is -0.119. The van der Waals surface area contributed by atoms with Gasteiger partial charge in [-0.15, -0.1) is 0 Å².